The maximum atomic E-state index is 12.2. The van der Waals surface area contributed by atoms with Crippen molar-refractivity contribution in [2.45, 2.75) is 24.9 Å². The van der Waals surface area contributed by atoms with E-state index in [1.165, 1.54) is 11.0 Å². The van der Waals surface area contributed by atoms with Gasteiger partial charge in [0.15, 0.2) is 0 Å². The summed E-state index contributed by atoms with van der Waals surface area (Å²) in [7, 11) is 0. The van der Waals surface area contributed by atoms with Gasteiger partial charge in [-0.15, -0.1) is 5.10 Å². The number of ether oxygens (including phenoxy) is 1. The minimum Gasteiger partial charge on any atom is -0.379 e. The van der Waals surface area contributed by atoms with E-state index in [-0.39, 0.29) is 18.0 Å². The molecule has 0 radical (unpaired) electrons. The van der Waals surface area contributed by atoms with E-state index in [0.29, 0.717) is 24.7 Å². The Kier molecular flexibility index (Phi) is 4.35. The third kappa shape index (κ3) is 3.61. The summed E-state index contributed by atoms with van der Waals surface area (Å²) in [5.74, 6) is -0.133. The number of hydrogen-bond donors (Lipinski definition) is 1. The number of nitrogens with zero attached hydrogens (tertiary/aromatic N) is 4. The van der Waals surface area contributed by atoms with Gasteiger partial charge in [-0.2, -0.15) is 0 Å². The number of rotatable bonds is 5. The van der Waals surface area contributed by atoms with Crippen molar-refractivity contribution in [2.75, 3.05) is 13.2 Å². The van der Waals surface area contributed by atoms with Crippen LogP contribution in [0, 0.1) is 0 Å². The van der Waals surface area contributed by atoms with Crippen LogP contribution in [0.15, 0.2) is 30.6 Å². The quantitative estimate of drug-likeness (QED) is 0.882. The monoisotopic (exact) mass is 321 g/mol. The molecule has 1 N–H and O–H groups in total. The molecule has 0 aliphatic carbocycles. The van der Waals surface area contributed by atoms with E-state index in [1.54, 1.807) is 0 Å². The van der Waals surface area contributed by atoms with Gasteiger partial charge in [0.2, 0.25) is 5.91 Å². The molecule has 22 heavy (non-hydrogen) atoms. The van der Waals surface area contributed by atoms with Crippen LogP contribution in [0.5, 0.6) is 0 Å². The average Bonchev–Trinajstić information content (AvgIpc) is 3.14. The maximum absolute atomic E-state index is 12.2. The molecule has 0 spiro atoms. The fourth-order valence-electron chi connectivity index (χ4n) is 2.62. The van der Waals surface area contributed by atoms with Crippen LogP contribution in [0.4, 0.5) is 0 Å². The first-order valence-electron chi connectivity index (χ1n) is 6.99. The molecular weight excluding hydrogens is 306 g/mol. The average molecular weight is 322 g/mol. The van der Waals surface area contributed by atoms with Crippen molar-refractivity contribution in [3.8, 4) is 0 Å². The Morgan fingerprint density at radius 2 is 2.23 bits per heavy atom. The van der Waals surface area contributed by atoms with E-state index >= 15 is 0 Å². The molecule has 1 aromatic heterocycles. The first-order chi connectivity index (χ1) is 10.7. The first-order valence-corrected chi connectivity index (χ1v) is 7.37. The highest BCUT2D eigenvalue weighted by Gasteiger charge is 2.36. The van der Waals surface area contributed by atoms with Gasteiger partial charge >= 0.3 is 0 Å². The normalized spacial score (nSPS) is 21.0. The molecule has 8 heteroatoms. The number of nitrogens with one attached hydrogen (secondary N) is 1. The van der Waals surface area contributed by atoms with E-state index in [2.05, 4.69) is 20.8 Å². The van der Waals surface area contributed by atoms with Crippen molar-refractivity contribution in [3.63, 3.8) is 0 Å². The van der Waals surface area contributed by atoms with Crippen LogP contribution in [0.25, 0.3) is 0 Å². The number of amides is 1. The molecule has 7 nitrogen and oxygen atoms in total. The molecule has 1 aliphatic heterocycles. The lowest BCUT2D eigenvalue weighted by Gasteiger charge is -2.29. The molecule has 0 saturated carbocycles. The molecule has 1 unspecified atom stereocenters. The van der Waals surface area contributed by atoms with Gasteiger partial charge in [0, 0.05) is 11.6 Å². The lowest BCUT2D eigenvalue weighted by molar-refractivity contribution is -0.123. The summed E-state index contributed by atoms with van der Waals surface area (Å²) >= 11 is 5.91. The number of tetrazole rings is 1. The standard InChI is InChI=1S/C14H16ClN5O2/c15-12-3-1-11(2-4-12)7-14(5-6-22-9-14)17-13(21)8-20-10-16-18-19-20/h1-4,10H,5-9H2,(H,17,21). The maximum Gasteiger partial charge on any atom is 0.242 e. The van der Waals surface area contributed by atoms with Crippen LogP contribution in [-0.4, -0.2) is 44.9 Å². The molecule has 0 bridgehead atoms. The summed E-state index contributed by atoms with van der Waals surface area (Å²) < 4.78 is 6.89. The number of carbonyl (C=O) groups excluding carboxylic acids is 1. The second kappa shape index (κ2) is 6.41. The molecule has 1 aromatic carbocycles. The Balaban J connectivity index is 1.68. The van der Waals surface area contributed by atoms with Gasteiger partial charge < -0.3 is 10.1 Å². The van der Waals surface area contributed by atoms with Crippen molar-refractivity contribution < 1.29 is 9.53 Å². The molecule has 2 heterocycles. The minimum absolute atomic E-state index is 0.0926. The predicted molar refractivity (Wildman–Crippen MR) is 79.3 cm³/mol. The van der Waals surface area contributed by atoms with Crippen LogP contribution in [0.3, 0.4) is 0 Å². The zero-order valence-corrected chi connectivity index (χ0v) is 12.7. The molecule has 1 fully saturated rings. The van der Waals surface area contributed by atoms with Crippen LogP contribution in [-0.2, 0) is 22.5 Å². The molecule has 1 atom stereocenters. The van der Waals surface area contributed by atoms with Gasteiger partial charge in [-0.1, -0.05) is 23.7 Å². The highest BCUT2D eigenvalue weighted by atomic mass is 35.5. The summed E-state index contributed by atoms with van der Waals surface area (Å²) in [6.45, 7) is 1.23. The fraction of sp³-hybridized carbons (Fsp3) is 0.429. The minimum atomic E-state index is -0.390. The van der Waals surface area contributed by atoms with Crippen LogP contribution in [0.2, 0.25) is 5.02 Å². The van der Waals surface area contributed by atoms with Gasteiger partial charge in [0.05, 0.1) is 12.1 Å². The third-order valence-electron chi connectivity index (χ3n) is 3.66. The van der Waals surface area contributed by atoms with Gasteiger partial charge in [-0.25, -0.2) is 4.68 Å². The van der Waals surface area contributed by atoms with Gasteiger partial charge in [0.1, 0.15) is 12.9 Å². The van der Waals surface area contributed by atoms with Gasteiger partial charge in [0.25, 0.3) is 0 Å². The number of aromatic nitrogens is 4. The first kappa shape index (κ1) is 14.9. The molecule has 3 rings (SSSR count). The smallest absolute Gasteiger partial charge is 0.242 e. The number of halogens is 1. The van der Waals surface area contributed by atoms with Crippen molar-refractivity contribution in [3.05, 3.63) is 41.2 Å². The highest BCUT2D eigenvalue weighted by Crippen LogP contribution is 2.24. The molecule has 1 saturated heterocycles. The summed E-state index contributed by atoms with van der Waals surface area (Å²) in [6.07, 6.45) is 2.89. The Labute approximate surface area is 132 Å². The van der Waals surface area contributed by atoms with Crippen molar-refractivity contribution >= 4 is 17.5 Å². The number of hydrogen-bond acceptors (Lipinski definition) is 5. The van der Waals surface area contributed by atoms with Crippen LogP contribution < -0.4 is 5.32 Å². The summed E-state index contributed by atoms with van der Waals surface area (Å²) in [5.41, 5.74) is 0.719. The topological polar surface area (TPSA) is 81.9 Å². The summed E-state index contributed by atoms with van der Waals surface area (Å²) in [5, 5.41) is 14.5. The molecule has 1 amide bonds. The second-order valence-electron chi connectivity index (χ2n) is 5.44. The third-order valence-corrected chi connectivity index (χ3v) is 3.91. The van der Waals surface area contributed by atoms with Crippen molar-refractivity contribution in [2.24, 2.45) is 0 Å². The Morgan fingerprint density at radius 3 is 2.86 bits per heavy atom. The van der Waals surface area contributed by atoms with E-state index < -0.39 is 0 Å². The number of carbonyl (C=O) groups is 1. The molecule has 1 aliphatic rings. The largest absolute Gasteiger partial charge is 0.379 e. The Bertz CT molecular complexity index is 623. The van der Waals surface area contributed by atoms with Gasteiger partial charge in [-0.05, 0) is 41.0 Å². The Morgan fingerprint density at radius 1 is 1.41 bits per heavy atom. The molecular formula is C14H16ClN5O2. The lowest BCUT2D eigenvalue weighted by atomic mass is 9.90. The lowest BCUT2D eigenvalue weighted by Crippen LogP contribution is -2.51. The fourth-order valence-corrected chi connectivity index (χ4v) is 2.74. The SMILES string of the molecule is O=C(Cn1cnnn1)NC1(Cc2ccc(Cl)cc2)CCOC1. The summed E-state index contributed by atoms with van der Waals surface area (Å²) in [4.78, 5) is 12.2. The predicted octanol–water partition coefficient (Wildman–Crippen LogP) is 0.845. The van der Waals surface area contributed by atoms with Gasteiger partial charge in [-0.3, -0.25) is 4.79 Å². The summed E-state index contributed by atoms with van der Waals surface area (Å²) in [6, 6.07) is 7.64. The second-order valence-corrected chi connectivity index (χ2v) is 5.88. The highest BCUT2D eigenvalue weighted by molar-refractivity contribution is 6.30. The molecule has 116 valence electrons. The van der Waals surface area contributed by atoms with E-state index in [9.17, 15) is 4.79 Å². The van der Waals surface area contributed by atoms with E-state index in [1.807, 2.05) is 24.3 Å². The number of benzene rings is 1. The zero-order chi connectivity index (χ0) is 15.4. The van der Waals surface area contributed by atoms with Crippen molar-refractivity contribution in [1.29, 1.82) is 0 Å². The van der Waals surface area contributed by atoms with E-state index in [0.717, 1.165) is 12.0 Å². The van der Waals surface area contributed by atoms with Crippen molar-refractivity contribution in [1.82, 2.24) is 25.5 Å². The Hall–Kier alpha value is -1.99. The zero-order valence-electron chi connectivity index (χ0n) is 11.9. The van der Waals surface area contributed by atoms with Crippen LogP contribution >= 0.6 is 11.6 Å². The van der Waals surface area contributed by atoms with E-state index in [4.69, 9.17) is 16.3 Å². The molecule has 2 aromatic rings. The van der Waals surface area contributed by atoms with Crippen LogP contribution in [0.1, 0.15) is 12.0 Å².